The van der Waals surface area contributed by atoms with E-state index >= 15 is 0 Å². The molecule has 29 heavy (non-hydrogen) atoms. The minimum absolute atomic E-state index is 0.0271. The molecule has 7 heteroatoms. The second-order valence-electron chi connectivity index (χ2n) is 7.46. The molecule has 0 radical (unpaired) electrons. The first-order valence-corrected chi connectivity index (χ1v) is 10.5. The number of para-hydroxylation sites is 1. The summed E-state index contributed by atoms with van der Waals surface area (Å²) in [6.07, 6.45) is 6.78. The number of amides is 1. The third-order valence-corrected chi connectivity index (χ3v) is 5.25. The molecule has 1 amide bonds. The standard InChI is InChI=1S/C22H27N5O2/c1-2-8-20-24-22(29-26-20)14-7-13-21(28)23-15-18-17-11-6-12-19(17)27(25-18)16-9-4-3-5-10-16/h3-5,9-10H,2,6-8,11-15H2,1H3,(H,23,28). The minimum Gasteiger partial charge on any atom is -0.350 e. The molecule has 0 atom stereocenters. The fourth-order valence-electron chi connectivity index (χ4n) is 3.83. The maximum Gasteiger partial charge on any atom is 0.226 e. The molecule has 0 spiro atoms. The molecule has 1 aromatic carbocycles. The molecule has 2 heterocycles. The van der Waals surface area contributed by atoms with Crippen LogP contribution in [0.15, 0.2) is 34.9 Å². The largest absolute Gasteiger partial charge is 0.350 e. The summed E-state index contributed by atoms with van der Waals surface area (Å²) in [5.41, 5.74) is 4.63. The molecule has 7 nitrogen and oxygen atoms in total. The van der Waals surface area contributed by atoms with Crippen molar-refractivity contribution in [1.29, 1.82) is 0 Å². The number of aryl methyl sites for hydroxylation is 2. The van der Waals surface area contributed by atoms with Gasteiger partial charge in [-0.1, -0.05) is 30.3 Å². The van der Waals surface area contributed by atoms with Crippen LogP contribution in [0.2, 0.25) is 0 Å². The number of nitrogens with zero attached hydrogens (tertiary/aromatic N) is 4. The fourth-order valence-corrected chi connectivity index (χ4v) is 3.83. The lowest BCUT2D eigenvalue weighted by molar-refractivity contribution is -0.121. The van der Waals surface area contributed by atoms with Gasteiger partial charge < -0.3 is 9.84 Å². The average Bonchev–Trinajstić information content (AvgIpc) is 3.45. The normalized spacial score (nSPS) is 12.9. The number of nitrogens with one attached hydrogen (secondary N) is 1. The van der Waals surface area contributed by atoms with Crippen LogP contribution in [-0.4, -0.2) is 25.8 Å². The highest BCUT2D eigenvalue weighted by Gasteiger charge is 2.23. The zero-order valence-electron chi connectivity index (χ0n) is 16.9. The minimum atomic E-state index is 0.0271. The van der Waals surface area contributed by atoms with E-state index in [4.69, 9.17) is 9.62 Å². The van der Waals surface area contributed by atoms with Gasteiger partial charge in [0.15, 0.2) is 5.82 Å². The van der Waals surface area contributed by atoms with Crippen molar-refractivity contribution in [3.8, 4) is 5.69 Å². The van der Waals surface area contributed by atoms with Gasteiger partial charge in [-0.05, 0) is 49.8 Å². The van der Waals surface area contributed by atoms with Crippen LogP contribution in [0.1, 0.15) is 61.3 Å². The van der Waals surface area contributed by atoms with E-state index in [2.05, 4.69) is 34.5 Å². The molecule has 0 unspecified atom stereocenters. The van der Waals surface area contributed by atoms with Gasteiger partial charge in [0.05, 0.1) is 17.9 Å². The highest BCUT2D eigenvalue weighted by atomic mass is 16.5. The van der Waals surface area contributed by atoms with E-state index < -0.39 is 0 Å². The van der Waals surface area contributed by atoms with Gasteiger partial charge in [-0.2, -0.15) is 10.1 Å². The van der Waals surface area contributed by atoms with Crippen LogP contribution < -0.4 is 5.32 Å². The Bertz CT molecular complexity index is 961. The van der Waals surface area contributed by atoms with Gasteiger partial charge in [0.2, 0.25) is 11.8 Å². The summed E-state index contributed by atoms with van der Waals surface area (Å²) in [7, 11) is 0. The van der Waals surface area contributed by atoms with E-state index in [9.17, 15) is 4.79 Å². The molecule has 0 saturated heterocycles. The van der Waals surface area contributed by atoms with Crippen molar-refractivity contribution in [3.05, 3.63) is 59.0 Å². The molecule has 3 aromatic rings. The van der Waals surface area contributed by atoms with Crippen molar-refractivity contribution in [1.82, 2.24) is 25.2 Å². The first-order valence-electron chi connectivity index (χ1n) is 10.5. The summed E-state index contributed by atoms with van der Waals surface area (Å²) >= 11 is 0. The lowest BCUT2D eigenvalue weighted by Gasteiger charge is -2.05. The quantitative estimate of drug-likeness (QED) is 0.603. The summed E-state index contributed by atoms with van der Waals surface area (Å²) in [4.78, 5) is 16.6. The highest BCUT2D eigenvalue weighted by Crippen LogP contribution is 2.27. The van der Waals surface area contributed by atoms with Crippen molar-refractivity contribution >= 4 is 5.91 Å². The number of hydrogen-bond acceptors (Lipinski definition) is 5. The smallest absolute Gasteiger partial charge is 0.226 e. The number of rotatable bonds is 9. The molecule has 0 saturated carbocycles. The summed E-state index contributed by atoms with van der Waals surface area (Å²) in [5, 5.41) is 11.8. The van der Waals surface area contributed by atoms with Gasteiger partial charge in [0.1, 0.15) is 0 Å². The second-order valence-corrected chi connectivity index (χ2v) is 7.46. The third-order valence-electron chi connectivity index (χ3n) is 5.25. The highest BCUT2D eigenvalue weighted by molar-refractivity contribution is 5.75. The van der Waals surface area contributed by atoms with Crippen molar-refractivity contribution in [2.24, 2.45) is 0 Å². The predicted molar refractivity (Wildman–Crippen MR) is 109 cm³/mol. The number of hydrogen-bond donors (Lipinski definition) is 1. The SMILES string of the molecule is CCCc1noc(CCCC(=O)NCc2nn(-c3ccccc3)c3c2CCC3)n1. The molecule has 0 fully saturated rings. The van der Waals surface area contributed by atoms with Gasteiger partial charge in [-0.15, -0.1) is 0 Å². The molecule has 152 valence electrons. The Morgan fingerprint density at radius 1 is 1.21 bits per heavy atom. The molecule has 1 N–H and O–H groups in total. The number of aromatic nitrogens is 4. The van der Waals surface area contributed by atoms with E-state index in [1.54, 1.807) is 0 Å². The van der Waals surface area contributed by atoms with Gasteiger partial charge in [0.25, 0.3) is 0 Å². The number of benzene rings is 1. The molecule has 2 aromatic heterocycles. The lowest BCUT2D eigenvalue weighted by Crippen LogP contribution is -2.23. The van der Waals surface area contributed by atoms with Crippen LogP contribution in [0.25, 0.3) is 5.69 Å². The Morgan fingerprint density at radius 2 is 2.07 bits per heavy atom. The molecular formula is C22H27N5O2. The molecule has 0 bridgehead atoms. The van der Waals surface area contributed by atoms with E-state index in [-0.39, 0.29) is 5.91 Å². The van der Waals surface area contributed by atoms with E-state index in [0.717, 1.165) is 49.3 Å². The number of fused-ring (bicyclic) bond motifs is 1. The lowest BCUT2D eigenvalue weighted by atomic mass is 10.2. The maximum absolute atomic E-state index is 12.3. The Morgan fingerprint density at radius 3 is 2.90 bits per heavy atom. The van der Waals surface area contributed by atoms with Gasteiger partial charge >= 0.3 is 0 Å². The second kappa shape index (κ2) is 9.03. The van der Waals surface area contributed by atoms with Crippen LogP contribution in [0.4, 0.5) is 0 Å². The van der Waals surface area contributed by atoms with Crippen molar-refractivity contribution < 1.29 is 9.32 Å². The predicted octanol–water partition coefficient (Wildman–Crippen LogP) is 3.34. The zero-order chi connectivity index (χ0) is 20.1. The van der Waals surface area contributed by atoms with E-state index in [0.29, 0.717) is 31.7 Å². The number of carbonyl (C=O) groups is 1. The summed E-state index contributed by atoms with van der Waals surface area (Å²) in [5.74, 6) is 1.38. The fraction of sp³-hybridized carbons (Fsp3) is 0.455. The van der Waals surface area contributed by atoms with Crippen LogP contribution in [0.3, 0.4) is 0 Å². The van der Waals surface area contributed by atoms with Crippen LogP contribution in [0.5, 0.6) is 0 Å². The molecule has 1 aliphatic carbocycles. The first-order chi connectivity index (χ1) is 14.2. The van der Waals surface area contributed by atoms with Crippen molar-refractivity contribution in [2.45, 2.75) is 64.8 Å². The Balaban J connectivity index is 1.30. The summed E-state index contributed by atoms with van der Waals surface area (Å²) in [6.45, 7) is 2.56. The maximum atomic E-state index is 12.3. The van der Waals surface area contributed by atoms with Crippen LogP contribution in [-0.2, 0) is 37.0 Å². The monoisotopic (exact) mass is 393 g/mol. The molecule has 4 rings (SSSR count). The zero-order valence-corrected chi connectivity index (χ0v) is 16.9. The summed E-state index contributed by atoms with van der Waals surface area (Å²) < 4.78 is 7.25. The average molecular weight is 393 g/mol. The third kappa shape index (κ3) is 4.55. The van der Waals surface area contributed by atoms with Crippen LogP contribution in [0, 0.1) is 0 Å². The number of carbonyl (C=O) groups excluding carboxylic acids is 1. The van der Waals surface area contributed by atoms with Crippen LogP contribution >= 0.6 is 0 Å². The van der Waals surface area contributed by atoms with Gasteiger partial charge in [-0.3, -0.25) is 4.79 Å². The summed E-state index contributed by atoms with van der Waals surface area (Å²) in [6, 6.07) is 10.2. The molecule has 1 aliphatic rings. The van der Waals surface area contributed by atoms with Gasteiger partial charge in [0, 0.05) is 25.0 Å². The Hall–Kier alpha value is -2.96. The Kier molecular flexibility index (Phi) is 6.03. The Labute approximate surface area is 170 Å². The van der Waals surface area contributed by atoms with E-state index in [1.807, 2.05) is 22.9 Å². The van der Waals surface area contributed by atoms with Gasteiger partial charge in [-0.25, -0.2) is 4.68 Å². The van der Waals surface area contributed by atoms with E-state index in [1.165, 1.54) is 11.3 Å². The first kappa shape index (κ1) is 19.4. The van der Waals surface area contributed by atoms with Crippen molar-refractivity contribution in [2.75, 3.05) is 0 Å². The molecule has 0 aliphatic heterocycles. The molecular weight excluding hydrogens is 366 g/mol. The topological polar surface area (TPSA) is 85.8 Å². The van der Waals surface area contributed by atoms with Crippen molar-refractivity contribution in [3.63, 3.8) is 0 Å².